The van der Waals surface area contributed by atoms with E-state index < -0.39 is 0 Å². The fraction of sp³-hybridized carbons (Fsp3) is 0.211. The first-order chi connectivity index (χ1) is 13.1. The summed E-state index contributed by atoms with van der Waals surface area (Å²) in [7, 11) is 0. The molecule has 140 valence electrons. The van der Waals surface area contributed by atoms with Gasteiger partial charge >= 0.3 is 0 Å². The predicted molar refractivity (Wildman–Crippen MR) is 109 cm³/mol. The molecule has 0 unspecified atom stereocenters. The summed E-state index contributed by atoms with van der Waals surface area (Å²) in [5.41, 5.74) is 1.16. The van der Waals surface area contributed by atoms with Crippen LogP contribution >= 0.6 is 23.5 Å². The van der Waals surface area contributed by atoms with Gasteiger partial charge in [-0.2, -0.15) is 0 Å². The summed E-state index contributed by atoms with van der Waals surface area (Å²) in [6.45, 7) is 2.52. The number of amides is 1. The van der Waals surface area contributed by atoms with Gasteiger partial charge in [-0.25, -0.2) is 4.39 Å². The SMILES string of the molecule is CCn1c(SCC(=O)Nc2cccc(SC)c2)nnc1-c1ccccc1F. The summed E-state index contributed by atoms with van der Waals surface area (Å²) in [4.78, 5) is 13.3. The fourth-order valence-electron chi connectivity index (χ4n) is 2.55. The van der Waals surface area contributed by atoms with Crippen molar-refractivity contribution >= 4 is 35.1 Å². The number of thioether (sulfide) groups is 2. The van der Waals surface area contributed by atoms with E-state index in [1.54, 1.807) is 30.0 Å². The van der Waals surface area contributed by atoms with Crippen LogP contribution < -0.4 is 5.32 Å². The van der Waals surface area contributed by atoms with Crippen molar-refractivity contribution in [2.45, 2.75) is 23.5 Å². The molecule has 0 saturated carbocycles. The zero-order chi connectivity index (χ0) is 19.2. The van der Waals surface area contributed by atoms with E-state index in [-0.39, 0.29) is 17.5 Å². The summed E-state index contributed by atoms with van der Waals surface area (Å²) < 4.78 is 15.9. The molecule has 0 saturated heterocycles. The summed E-state index contributed by atoms with van der Waals surface area (Å²) in [5, 5.41) is 11.7. The van der Waals surface area contributed by atoms with Gasteiger partial charge in [0.15, 0.2) is 11.0 Å². The number of nitrogens with one attached hydrogen (secondary N) is 1. The number of rotatable bonds is 7. The van der Waals surface area contributed by atoms with E-state index in [1.165, 1.54) is 17.8 Å². The van der Waals surface area contributed by atoms with Crippen LogP contribution in [0.1, 0.15) is 6.92 Å². The molecule has 27 heavy (non-hydrogen) atoms. The molecule has 3 rings (SSSR count). The molecule has 1 heterocycles. The molecule has 0 fully saturated rings. The molecule has 0 radical (unpaired) electrons. The maximum absolute atomic E-state index is 14.1. The van der Waals surface area contributed by atoms with E-state index in [2.05, 4.69) is 15.5 Å². The molecule has 8 heteroatoms. The summed E-state index contributed by atoms with van der Waals surface area (Å²) in [6.07, 6.45) is 1.99. The Kier molecular flexibility index (Phi) is 6.52. The molecule has 1 amide bonds. The number of hydrogen-bond donors (Lipinski definition) is 1. The maximum atomic E-state index is 14.1. The predicted octanol–water partition coefficient (Wildman–Crippen LogP) is 4.56. The van der Waals surface area contributed by atoms with Crippen molar-refractivity contribution in [3.63, 3.8) is 0 Å². The van der Waals surface area contributed by atoms with Crippen molar-refractivity contribution in [2.24, 2.45) is 0 Å². The van der Waals surface area contributed by atoms with Gasteiger partial charge in [-0.15, -0.1) is 22.0 Å². The van der Waals surface area contributed by atoms with Crippen molar-refractivity contribution in [1.82, 2.24) is 14.8 Å². The van der Waals surface area contributed by atoms with Crippen LogP contribution in [-0.4, -0.2) is 32.7 Å². The van der Waals surface area contributed by atoms with Crippen LogP contribution in [0, 0.1) is 5.82 Å². The zero-order valence-corrected chi connectivity index (χ0v) is 16.6. The van der Waals surface area contributed by atoms with Crippen molar-refractivity contribution in [2.75, 3.05) is 17.3 Å². The second-order valence-corrected chi connectivity index (χ2v) is 7.42. The highest BCUT2D eigenvalue weighted by Crippen LogP contribution is 2.26. The number of benzene rings is 2. The number of carbonyl (C=O) groups is 1. The van der Waals surface area contributed by atoms with Crippen molar-refractivity contribution in [1.29, 1.82) is 0 Å². The Labute approximate surface area is 165 Å². The van der Waals surface area contributed by atoms with Crippen molar-refractivity contribution in [3.05, 3.63) is 54.3 Å². The summed E-state index contributed by atoms with van der Waals surface area (Å²) in [5.74, 6) is 0.184. The van der Waals surface area contributed by atoms with E-state index in [0.717, 1.165) is 10.6 Å². The van der Waals surface area contributed by atoms with Crippen LogP contribution in [-0.2, 0) is 11.3 Å². The molecular formula is C19H19FN4OS2. The fourth-order valence-corrected chi connectivity index (χ4v) is 3.81. The quantitative estimate of drug-likeness (QED) is 0.587. The summed E-state index contributed by atoms with van der Waals surface area (Å²) >= 11 is 2.90. The average Bonchev–Trinajstić information content (AvgIpc) is 3.09. The normalized spacial score (nSPS) is 10.8. The van der Waals surface area contributed by atoms with Crippen LogP contribution in [0.4, 0.5) is 10.1 Å². The Morgan fingerprint density at radius 2 is 2.00 bits per heavy atom. The standard InChI is InChI=1S/C19H19FN4OS2/c1-3-24-18(15-9-4-5-10-16(15)20)22-23-19(24)27-12-17(25)21-13-7-6-8-14(11-13)26-2/h4-11H,3,12H2,1-2H3,(H,21,25). The number of anilines is 1. The molecule has 3 aromatic rings. The Morgan fingerprint density at radius 1 is 1.19 bits per heavy atom. The molecule has 0 aliphatic rings. The van der Waals surface area contributed by atoms with Gasteiger partial charge < -0.3 is 9.88 Å². The van der Waals surface area contributed by atoms with E-state index >= 15 is 0 Å². The van der Waals surface area contributed by atoms with Gasteiger partial charge in [0, 0.05) is 17.1 Å². The molecule has 1 N–H and O–H groups in total. The van der Waals surface area contributed by atoms with Gasteiger partial charge in [0.25, 0.3) is 0 Å². The highest BCUT2D eigenvalue weighted by atomic mass is 32.2. The minimum Gasteiger partial charge on any atom is -0.325 e. The summed E-state index contributed by atoms with van der Waals surface area (Å²) in [6, 6.07) is 14.1. The highest BCUT2D eigenvalue weighted by Gasteiger charge is 2.17. The highest BCUT2D eigenvalue weighted by molar-refractivity contribution is 7.99. The lowest BCUT2D eigenvalue weighted by Crippen LogP contribution is -2.14. The largest absolute Gasteiger partial charge is 0.325 e. The zero-order valence-electron chi connectivity index (χ0n) is 15.0. The van der Waals surface area contributed by atoms with Crippen LogP contribution in [0.15, 0.2) is 58.6 Å². The van der Waals surface area contributed by atoms with Gasteiger partial charge in [0.05, 0.1) is 11.3 Å². The molecule has 0 aliphatic carbocycles. The van der Waals surface area contributed by atoms with Crippen LogP contribution in [0.3, 0.4) is 0 Å². The van der Waals surface area contributed by atoms with E-state index in [0.29, 0.717) is 23.1 Å². The second kappa shape index (κ2) is 9.05. The van der Waals surface area contributed by atoms with E-state index in [4.69, 9.17) is 0 Å². The molecule has 0 aliphatic heterocycles. The Morgan fingerprint density at radius 3 is 2.74 bits per heavy atom. The van der Waals surface area contributed by atoms with Gasteiger partial charge in [-0.3, -0.25) is 4.79 Å². The van der Waals surface area contributed by atoms with Gasteiger partial charge in [0.2, 0.25) is 5.91 Å². The van der Waals surface area contributed by atoms with Crippen molar-refractivity contribution in [3.8, 4) is 11.4 Å². The Hall–Kier alpha value is -2.32. The number of aromatic nitrogens is 3. The average molecular weight is 403 g/mol. The molecule has 5 nitrogen and oxygen atoms in total. The maximum Gasteiger partial charge on any atom is 0.234 e. The lowest BCUT2D eigenvalue weighted by molar-refractivity contribution is -0.113. The third-order valence-electron chi connectivity index (χ3n) is 3.83. The monoisotopic (exact) mass is 402 g/mol. The van der Waals surface area contributed by atoms with Crippen molar-refractivity contribution < 1.29 is 9.18 Å². The molecule has 0 atom stereocenters. The first-order valence-electron chi connectivity index (χ1n) is 8.37. The lowest BCUT2D eigenvalue weighted by Gasteiger charge is -2.09. The topological polar surface area (TPSA) is 59.8 Å². The number of hydrogen-bond acceptors (Lipinski definition) is 5. The number of nitrogens with zero attached hydrogens (tertiary/aromatic N) is 3. The molecule has 2 aromatic carbocycles. The third kappa shape index (κ3) is 4.70. The van der Waals surface area contributed by atoms with Crippen LogP contribution in [0.25, 0.3) is 11.4 Å². The second-order valence-electron chi connectivity index (χ2n) is 5.60. The smallest absolute Gasteiger partial charge is 0.234 e. The van der Waals surface area contributed by atoms with Gasteiger partial charge in [0.1, 0.15) is 5.82 Å². The van der Waals surface area contributed by atoms with E-state index in [1.807, 2.05) is 42.0 Å². The lowest BCUT2D eigenvalue weighted by atomic mass is 10.2. The molecule has 0 spiro atoms. The number of carbonyl (C=O) groups excluding carboxylic acids is 1. The first-order valence-corrected chi connectivity index (χ1v) is 10.6. The van der Waals surface area contributed by atoms with Crippen LogP contribution in [0.2, 0.25) is 0 Å². The molecular weight excluding hydrogens is 383 g/mol. The molecule has 0 bridgehead atoms. The minimum absolute atomic E-state index is 0.128. The van der Waals surface area contributed by atoms with Gasteiger partial charge in [-0.05, 0) is 43.5 Å². The number of halogens is 1. The van der Waals surface area contributed by atoms with Crippen LogP contribution in [0.5, 0.6) is 0 Å². The van der Waals surface area contributed by atoms with Gasteiger partial charge in [-0.1, -0.05) is 30.0 Å². The molecule has 1 aromatic heterocycles. The Bertz CT molecular complexity index is 945. The minimum atomic E-state index is -0.345. The first kappa shape index (κ1) is 19.4. The van der Waals surface area contributed by atoms with E-state index in [9.17, 15) is 9.18 Å². The Balaban J connectivity index is 1.69. The third-order valence-corrected chi connectivity index (χ3v) is 5.53.